The van der Waals surface area contributed by atoms with E-state index in [1.165, 1.54) is 13.2 Å². The van der Waals surface area contributed by atoms with Gasteiger partial charge in [0.2, 0.25) is 11.8 Å². The number of rotatable bonds is 6. The highest BCUT2D eigenvalue weighted by Gasteiger charge is 2.67. The zero-order chi connectivity index (χ0) is 21.3. The molecule has 1 aliphatic carbocycles. The molecule has 0 spiro atoms. The number of halogens is 5. The lowest BCUT2D eigenvalue weighted by Crippen LogP contribution is -2.19. The van der Waals surface area contributed by atoms with Gasteiger partial charge in [-0.3, -0.25) is 9.59 Å². The number of ether oxygens (including phenoxy) is 1. The van der Waals surface area contributed by atoms with Gasteiger partial charge in [-0.1, -0.05) is 34.8 Å². The third-order valence-electron chi connectivity index (χ3n) is 4.36. The molecule has 0 unspecified atom stereocenters. The second kappa shape index (κ2) is 8.88. The highest BCUT2D eigenvalue weighted by atomic mass is 35.5. The molecule has 0 aromatic heterocycles. The van der Waals surface area contributed by atoms with Crippen LogP contribution < -0.4 is 10.6 Å². The van der Waals surface area contributed by atoms with Crippen LogP contribution in [0.2, 0.25) is 15.1 Å². The number of hydrogen-bond donors (Lipinski definition) is 2. The largest absolute Gasteiger partial charge is 0.375 e. The summed E-state index contributed by atoms with van der Waals surface area (Å²) in [6.45, 7) is -0.125. The van der Waals surface area contributed by atoms with Crippen LogP contribution in [0.4, 0.5) is 11.4 Å². The first-order valence-electron chi connectivity index (χ1n) is 8.36. The molecule has 10 heteroatoms. The van der Waals surface area contributed by atoms with Crippen molar-refractivity contribution in [2.45, 2.75) is 10.3 Å². The molecule has 1 saturated carbocycles. The second-order valence-corrected chi connectivity index (χ2v) is 9.22. The summed E-state index contributed by atoms with van der Waals surface area (Å²) in [4.78, 5) is 24.5. The van der Waals surface area contributed by atoms with E-state index in [-0.39, 0.29) is 18.4 Å². The number of nitrogens with one attached hydrogen (secondary N) is 2. The van der Waals surface area contributed by atoms with Crippen molar-refractivity contribution < 1.29 is 14.3 Å². The van der Waals surface area contributed by atoms with E-state index < -0.39 is 16.2 Å². The molecule has 0 radical (unpaired) electrons. The van der Waals surface area contributed by atoms with E-state index in [9.17, 15) is 9.59 Å². The average Bonchev–Trinajstić information content (AvgIpc) is 3.19. The molecule has 0 bridgehead atoms. The number of anilines is 2. The molecule has 3 rings (SSSR count). The minimum atomic E-state index is -1.29. The van der Waals surface area contributed by atoms with Crippen molar-refractivity contribution in [3.05, 3.63) is 57.0 Å². The van der Waals surface area contributed by atoms with Crippen LogP contribution in [0.25, 0.3) is 0 Å². The number of hydrogen-bond acceptors (Lipinski definition) is 3. The molecule has 2 atom stereocenters. The molecule has 2 amide bonds. The fourth-order valence-electron chi connectivity index (χ4n) is 3.06. The molecular weight excluding hydrogens is 481 g/mol. The summed E-state index contributed by atoms with van der Waals surface area (Å²) in [7, 11) is 1.40. The van der Waals surface area contributed by atoms with Crippen LogP contribution in [0.15, 0.2) is 36.4 Å². The molecule has 2 N–H and O–H groups in total. The van der Waals surface area contributed by atoms with Gasteiger partial charge in [0.1, 0.15) is 10.9 Å². The Morgan fingerprint density at radius 3 is 2.31 bits per heavy atom. The molecule has 29 heavy (non-hydrogen) atoms. The Morgan fingerprint density at radius 2 is 1.69 bits per heavy atom. The Labute approximate surface area is 192 Å². The molecule has 2 aromatic carbocycles. The monoisotopic (exact) mass is 494 g/mol. The van der Waals surface area contributed by atoms with E-state index in [2.05, 4.69) is 10.6 Å². The topological polar surface area (TPSA) is 67.4 Å². The molecule has 2 aromatic rings. The molecule has 5 nitrogen and oxygen atoms in total. The van der Waals surface area contributed by atoms with Crippen molar-refractivity contribution in [1.82, 2.24) is 0 Å². The predicted octanol–water partition coefficient (Wildman–Crippen LogP) is 5.76. The summed E-state index contributed by atoms with van der Waals surface area (Å²) >= 11 is 30.9. The zero-order valence-electron chi connectivity index (χ0n) is 14.9. The first-order valence-corrected chi connectivity index (χ1v) is 10.3. The molecule has 1 aliphatic rings. The summed E-state index contributed by atoms with van der Waals surface area (Å²) in [5, 5.41) is 6.52. The summed E-state index contributed by atoms with van der Waals surface area (Å²) in [5.74, 6) is -1.93. The number of amides is 2. The van der Waals surface area contributed by atoms with Gasteiger partial charge >= 0.3 is 0 Å². The Balaban J connectivity index is 1.75. The normalized spacial score (nSPS) is 19.5. The van der Waals surface area contributed by atoms with Gasteiger partial charge in [0.05, 0.1) is 16.6 Å². The lowest BCUT2D eigenvalue weighted by Gasteiger charge is -2.10. The van der Waals surface area contributed by atoms with Crippen molar-refractivity contribution >= 4 is 81.2 Å². The van der Waals surface area contributed by atoms with Crippen molar-refractivity contribution in [3.8, 4) is 0 Å². The summed E-state index contributed by atoms with van der Waals surface area (Å²) in [6.07, 6.45) is 0. The van der Waals surface area contributed by atoms with Crippen molar-refractivity contribution in [2.75, 3.05) is 24.4 Å². The first kappa shape index (κ1) is 22.5. The third kappa shape index (κ3) is 5.10. The highest BCUT2D eigenvalue weighted by Crippen LogP contribution is 2.65. The van der Waals surface area contributed by atoms with E-state index in [4.69, 9.17) is 62.7 Å². The Bertz CT molecular complexity index is 947. The lowest BCUT2D eigenvalue weighted by molar-refractivity contribution is -0.119. The maximum absolute atomic E-state index is 12.8. The Kier molecular flexibility index (Phi) is 6.88. The van der Waals surface area contributed by atoms with Crippen molar-refractivity contribution in [1.29, 1.82) is 0 Å². The molecular formula is C19H15Cl5N2O3. The molecule has 0 aliphatic heterocycles. The maximum atomic E-state index is 12.8. The standard InChI is InChI=1S/C19H15Cl5N2O3/c1-29-8-15(27)26-14-7-12(2-3-13(14)22)25-18(28)17-16(19(17,23)24)9-4-10(20)6-11(21)5-9/h2-7,16-17H,8H2,1H3,(H,25,28)(H,26,27)/t16-,17+/m0/s1. The maximum Gasteiger partial charge on any atom is 0.250 e. The van der Waals surface area contributed by atoms with Crippen LogP contribution in [0.3, 0.4) is 0 Å². The SMILES string of the molecule is COCC(=O)Nc1cc(NC(=O)[C@H]2[C@H](c3cc(Cl)cc(Cl)c3)C2(Cl)Cl)ccc1Cl. The Hall–Kier alpha value is -1.21. The molecule has 1 fully saturated rings. The fraction of sp³-hybridized carbons (Fsp3) is 0.263. The van der Waals surface area contributed by atoms with Crippen LogP contribution in [-0.2, 0) is 14.3 Å². The van der Waals surface area contributed by atoms with Gasteiger partial charge in [-0.15, -0.1) is 23.2 Å². The van der Waals surface area contributed by atoms with E-state index in [1.807, 2.05) is 0 Å². The number of carbonyl (C=O) groups excluding carboxylic acids is 2. The number of alkyl halides is 2. The average molecular weight is 497 g/mol. The Morgan fingerprint density at radius 1 is 1.03 bits per heavy atom. The van der Waals surface area contributed by atoms with Gasteiger partial charge < -0.3 is 15.4 Å². The van der Waals surface area contributed by atoms with Gasteiger partial charge in [-0.05, 0) is 42.0 Å². The van der Waals surface area contributed by atoms with Gasteiger partial charge in [0.25, 0.3) is 0 Å². The smallest absolute Gasteiger partial charge is 0.250 e. The molecule has 0 saturated heterocycles. The van der Waals surface area contributed by atoms with Crippen LogP contribution in [0, 0.1) is 5.92 Å². The second-order valence-electron chi connectivity index (χ2n) is 6.50. The fourth-order valence-corrected chi connectivity index (χ4v) is 4.59. The lowest BCUT2D eigenvalue weighted by atomic mass is 10.1. The van der Waals surface area contributed by atoms with Crippen molar-refractivity contribution in [3.63, 3.8) is 0 Å². The van der Waals surface area contributed by atoms with Gasteiger partial charge in [0.15, 0.2) is 0 Å². The van der Waals surface area contributed by atoms with Crippen LogP contribution >= 0.6 is 58.0 Å². The first-order chi connectivity index (χ1) is 13.6. The number of methoxy groups -OCH3 is 1. The van der Waals surface area contributed by atoms with E-state index in [0.717, 1.165) is 0 Å². The van der Waals surface area contributed by atoms with Gasteiger partial charge in [0, 0.05) is 28.8 Å². The zero-order valence-corrected chi connectivity index (χ0v) is 18.7. The number of benzene rings is 2. The minimum Gasteiger partial charge on any atom is -0.375 e. The van der Waals surface area contributed by atoms with Crippen molar-refractivity contribution in [2.24, 2.45) is 5.92 Å². The quantitative estimate of drug-likeness (QED) is 0.500. The van der Waals surface area contributed by atoms with Crippen LogP contribution in [-0.4, -0.2) is 29.9 Å². The van der Waals surface area contributed by atoms with Gasteiger partial charge in [-0.2, -0.15) is 0 Å². The summed E-state index contributed by atoms with van der Waals surface area (Å²) < 4.78 is 3.48. The van der Waals surface area contributed by atoms with E-state index >= 15 is 0 Å². The van der Waals surface area contributed by atoms with Gasteiger partial charge in [-0.25, -0.2) is 0 Å². The summed E-state index contributed by atoms with van der Waals surface area (Å²) in [6, 6.07) is 9.62. The van der Waals surface area contributed by atoms with Crippen LogP contribution in [0.5, 0.6) is 0 Å². The number of carbonyl (C=O) groups is 2. The summed E-state index contributed by atoms with van der Waals surface area (Å²) in [5.41, 5.74) is 1.44. The minimum absolute atomic E-state index is 0.125. The molecule has 0 heterocycles. The third-order valence-corrected chi connectivity index (χ3v) is 6.07. The molecule has 154 valence electrons. The van der Waals surface area contributed by atoms with Crippen LogP contribution in [0.1, 0.15) is 11.5 Å². The predicted molar refractivity (Wildman–Crippen MR) is 118 cm³/mol. The van der Waals surface area contributed by atoms with E-state index in [1.54, 1.807) is 30.3 Å². The van der Waals surface area contributed by atoms with E-state index in [0.29, 0.717) is 32.0 Å². The highest BCUT2D eigenvalue weighted by molar-refractivity contribution is 6.53.